The molecule has 2 aliphatic rings. The molecule has 110 valence electrons. The average molecular weight is 268 g/mol. The van der Waals surface area contributed by atoms with E-state index in [0.717, 1.165) is 44.8 Å². The van der Waals surface area contributed by atoms with Crippen molar-refractivity contribution in [2.45, 2.75) is 64.0 Å². The van der Waals surface area contributed by atoms with Gasteiger partial charge in [0.25, 0.3) is 0 Å². The van der Waals surface area contributed by atoms with Gasteiger partial charge in [0.1, 0.15) is 5.54 Å². The summed E-state index contributed by atoms with van der Waals surface area (Å²) < 4.78 is 5.17. The van der Waals surface area contributed by atoms with E-state index < -0.39 is 5.54 Å². The molecule has 2 N–H and O–H groups in total. The van der Waals surface area contributed by atoms with Crippen molar-refractivity contribution < 1.29 is 9.53 Å². The van der Waals surface area contributed by atoms with Gasteiger partial charge in [-0.3, -0.25) is 4.79 Å². The van der Waals surface area contributed by atoms with Crippen LogP contribution in [-0.4, -0.2) is 42.1 Å². The van der Waals surface area contributed by atoms with Crippen molar-refractivity contribution in [1.29, 1.82) is 0 Å². The Balaban J connectivity index is 1.88. The smallest absolute Gasteiger partial charge is 0.326 e. The van der Waals surface area contributed by atoms with E-state index in [2.05, 4.69) is 11.8 Å². The van der Waals surface area contributed by atoms with Gasteiger partial charge in [-0.1, -0.05) is 13.3 Å². The van der Waals surface area contributed by atoms with E-state index in [4.69, 9.17) is 10.5 Å². The van der Waals surface area contributed by atoms with Crippen LogP contribution in [-0.2, 0) is 9.53 Å². The Morgan fingerprint density at radius 3 is 2.68 bits per heavy atom. The Hall–Kier alpha value is -0.610. The van der Waals surface area contributed by atoms with E-state index in [9.17, 15) is 4.79 Å². The van der Waals surface area contributed by atoms with Crippen molar-refractivity contribution >= 4 is 5.97 Å². The summed E-state index contributed by atoms with van der Waals surface area (Å²) in [7, 11) is 0. The molecule has 2 aliphatic carbocycles. The van der Waals surface area contributed by atoms with Gasteiger partial charge < -0.3 is 15.4 Å². The zero-order valence-corrected chi connectivity index (χ0v) is 12.4. The van der Waals surface area contributed by atoms with Gasteiger partial charge in [0.2, 0.25) is 0 Å². The van der Waals surface area contributed by atoms with Gasteiger partial charge in [0, 0.05) is 6.04 Å². The van der Waals surface area contributed by atoms with Crippen LogP contribution >= 0.6 is 0 Å². The Labute approximate surface area is 116 Å². The molecule has 2 saturated carbocycles. The number of rotatable bonds is 7. The molecule has 0 aromatic heterocycles. The van der Waals surface area contributed by atoms with Crippen LogP contribution in [0.15, 0.2) is 0 Å². The second-order valence-corrected chi connectivity index (χ2v) is 6.00. The van der Waals surface area contributed by atoms with Gasteiger partial charge in [0.15, 0.2) is 0 Å². The van der Waals surface area contributed by atoms with E-state index in [-0.39, 0.29) is 5.97 Å². The molecule has 0 heterocycles. The molecule has 4 heteroatoms. The highest BCUT2D eigenvalue weighted by atomic mass is 16.5. The van der Waals surface area contributed by atoms with Crippen molar-refractivity contribution in [1.82, 2.24) is 4.90 Å². The minimum absolute atomic E-state index is 0.188. The largest absolute Gasteiger partial charge is 0.465 e. The lowest BCUT2D eigenvalue weighted by Gasteiger charge is -2.31. The summed E-state index contributed by atoms with van der Waals surface area (Å²) in [6, 6.07) is 0.793. The molecule has 2 rings (SSSR count). The number of hydrogen-bond acceptors (Lipinski definition) is 4. The SMILES string of the molecule is CCOC(=O)C1(N)CCCC1CCN(CC)C1CC1. The number of esters is 1. The van der Waals surface area contributed by atoms with Crippen molar-refractivity contribution in [3.63, 3.8) is 0 Å². The summed E-state index contributed by atoms with van der Waals surface area (Å²) in [6.45, 7) is 6.66. The predicted molar refractivity (Wildman–Crippen MR) is 75.8 cm³/mol. The highest BCUT2D eigenvalue weighted by molar-refractivity contribution is 5.81. The zero-order valence-electron chi connectivity index (χ0n) is 12.4. The molecule has 0 aromatic carbocycles. The second-order valence-electron chi connectivity index (χ2n) is 6.00. The molecule has 2 fully saturated rings. The Kier molecular flexibility index (Phi) is 4.85. The molecule has 0 saturated heterocycles. The molecular weight excluding hydrogens is 240 g/mol. The molecule has 0 aromatic rings. The molecule has 0 radical (unpaired) electrons. The summed E-state index contributed by atoms with van der Waals surface area (Å²) in [4.78, 5) is 14.6. The van der Waals surface area contributed by atoms with Crippen LogP contribution in [0.2, 0.25) is 0 Å². The number of carbonyl (C=O) groups is 1. The number of nitrogens with zero attached hydrogens (tertiary/aromatic N) is 1. The number of hydrogen-bond donors (Lipinski definition) is 1. The molecule has 0 aliphatic heterocycles. The maximum atomic E-state index is 12.1. The third-order valence-corrected chi connectivity index (χ3v) is 4.76. The molecular formula is C15H28N2O2. The minimum atomic E-state index is -0.723. The van der Waals surface area contributed by atoms with Crippen LogP contribution in [0.4, 0.5) is 0 Å². The lowest BCUT2D eigenvalue weighted by Crippen LogP contribution is -2.52. The lowest BCUT2D eigenvalue weighted by molar-refractivity contribution is -0.151. The zero-order chi connectivity index (χ0) is 13.9. The van der Waals surface area contributed by atoms with Crippen LogP contribution in [0.25, 0.3) is 0 Å². The van der Waals surface area contributed by atoms with E-state index in [0.29, 0.717) is 12.5 Å². The third-order valence-electron chi connectivity index (χ3n) is 4.76. The van der Waals surface area contributed by atoms with Crippen LogP contribution in [0.3, 0.4) is 0 Å². The fourth-order valence-electron chi connectivity index (χ4n) is 3.40. The molecule has 19 heavy (non-hydrogen) atoms. The third kappa shape index (κ3) is 3.29. The van der Waals surface area contributed by atoms with Gasteiger partial charge >= 0.3 is 5.97 Å². The van der Waals surface area contributed by atoms with Crippen molar-refractivity contribution in [3.05, 3.63) is 0 Å². The average Bonchev–Trinajstić information content (AvgIpc) is 3.15. The van der Waals surface area contributed by atoms with Crippen LogP contribution < -0.4 is 5.73 Å². The molecule has 4 nitrogen and oxygen atoms in total. The molecule has 0 bridgehead atoms. The summed E-state index contributed by atoms with van der Waals surface area (Å²) in [5.41, 5.74) is 5.64. The van der Waals surface area contributed by atoms with Crippen LogP contribution in [0.5, 0.6) is 0 Å². The van der Waals surface area contributed by atoms with Gasteiger partial charge in [-0.2, -0.15) is 0 Å². The van der Waals surface area contributed by atoms with Crippen LogP contribution in [0.1, 0.15) is 52.4 Å². The number of nitrogens with two attached hydrogens (primary N) is 1. The van der Waals surface area contributed by atoms with Gasteiger partial charge in [-0.25, -0.2) is 0 Å². The highest BCUT2D eigenvalue weighted by Crippen LogP contribution is 2.38. The summed E-state index contributed by atoms with van der Waals surface area (Å²) in [5.74, 6) is 0.103. The maximum absolute atomic E-state index is 12.1. The summed E-state index contributed by atoms with van der Waals surface area (Å²) in [6.07, 6.45) is 6.60. The Morgan fingerprint density at radius 1 is 1.37 bits per heavy atom. The summed E-state index contributed by atoms with van der Waals surface area (Å²) in [5, 5.41) is 0. The fraction of sp³-hybridized carbons (Fsp3) is 0.933. The number of carbonyl (C=O) groups excluding carboxylic acids is 1. The van der Waals surface area contributed by atoms with Gasteiger partial charge in [-0.05, 0) is 58.0 Å². The minimum Gasteiger partial charge on any atom is -0.465 e. The topological polar surface area (TPSA) is 55.6 Å². The predicted octanol–water partition coefficient (Wildman–Crippen LogP) is 1.92. The van der Waals surface area contributed by atoms with Gasteiger partial charge in [0.05, 0.1) is 6.61 Å². The van der Waals surface area contributed by atoms with Crippen molar-refractivity contribution in [2.75, 3.05) is 19.7 Å². The molecule has 2 unspecified atom stereocenters. The van der Waals surface area contributed by atoms with E-state index >= 15 is 0 Å². The van der Waals surface area contributed by atoms with Gasteiger partial charge in [-0.15, -0.1) is 0 Å². The normalized spacial score (nSPS) is 30.8. The van der Waals surface area contributed by atoms with E-state index in [1.165, 1.54) is 12.8 Å². The molecule has 2 atom stereocenters. The standard InChI is InChI=1S/C15H28N2O2/c1-3-17(13-7-8-13)11-9-12-6-5-10-15(12,16)14(18)19-4-2/h12-13H,3-11,16H2,1-2H3. The monoisotopic (exact) mass is 268 g/mol. The maximum Gasteiger partial charge on any atom is 0.326 e. The quantitative estimate of drug-likeness (QED) is 0.717. The van der Waals surface area contributed by atoms with E-state index in [1.807, 2.05) is 6.92 Å². The number of ether oxygens (including phenoxy) is 1. The van der Waals surface area contributed by atoms with E-state index in [1.54, 1.807) is 0 Å². The fourth-order valence-corrected chi connectivity index (χ4v) is 3.40. The van der Waals surface area contributed by atoms with Crippen molar-refractivity contribution in [3.8, 4) is 0 Å². The van der Waals surface area contributed by atoms with Crippen LogP contribution in [0, 0.1) is 5.92 Å². The first-order valence-electron chi connectivity index (χ1n) is 7.82. The molecule has 0 spiro atoms. The molecule has 0 amide bonds. The lowest BCUT2D eigenvalue weighted by atomic mass is 9.85. The summed E-state index contributed by atoms with van der Waals surface area (Å²) >= 11 is 0. The highest BCUT2D eigenvalue weighted by Gasteiger charge is 2.46. The first-order valence-corrected chi connectivity index (χ1v) is 7.82. The van der Waals surface area contributed by atoms with Crippen molar-refractivity contribution in [2.24, 2.45) is 11.7 Å². The Morgan fingerprint density at radius 2 is 2.11 bits per heavy atom. The first kappa shape index (κ1) is 14.8. The second kappa shape index (κ2) is 6.23. The first-order chi connectivity index (χ1) is 9.11. The Bertz CT molecular complexity index is 317.